The molecule has 29 heavy (non-hydrogen) atoms. The number of para-hydroxylation sites is 1. The number of pyridine rings is 1. The Hall–Kier alpha value is -2.72. The number of amides is 1. The number of rotatable bonds is 5. The Morgan fingerprint density at radius 3 is 2.48 bits per heavy atom. The lowest BCUT2D eigenvalue weighted by Gasteiger charge is -2.32. The number of hydrogen-bond acceptors (Lipinski definition) is 3. The van der Waals surface area contributed by atoms with Crippen LogP contribution in [-0.4, -0.2) is 35.0 Å². The second-order valence-electron chi connectivity index (χ2n) is 7.72. The maximum atomic E-state index is 13.4. The number of carbonyl (C=O) groups is 1. The van der Waals surface area contributed by atoms with Gasteiger partial charge < -0.3 is 9.64 Å². The molecule has 2 aromatic carbocycles. The third-order valence-corrected chi connectivity index (χ3v) is 5.84. The highest BCUT2D eigenvalue weighted by Gasteiger charge is 2.27. The van der Waals surface area contributed by atoms with Gasteiger partial charge in [0.15, 0.2) is 0 Å². The molecule has 1 fully saturated rings. The van der Waals surface area contributed by atoms with Crippen molar-refractivity contribution in [3.8, 4) is 0 Å². The predicted molar refractivity (Wildman–Crippen MR) is 116 cm³/mol. The smallest absolute Gasteiger partial charge is 0.254 e. The van der Waals surface area contributed by atoms with Gasteiger partial charge in [-0.1, -0.05) is 55.5 Å². The number of aryl methyl sites for hydroxylation is 1. The van der Waals surface area contributed by atoms with Gasteiger partial charge >= 0.3 is 0 Å². The molecule has 0 radical (unpaired) electrons. The summed E-state index contributed by atoms with van der Waals surface area (Å²) in [5.41, 5.74) is 4.93. The van der Waals surface area contributed by atoms with Crippen LogP contribution in [0, 0.1) is 6.92 Å². The average molecular weight is 389 g/mol. The van der Waals surface area contributed by atoms with Gasteiger partial charge in [0.05, 0.1) is 23.8 Å². The summed E-state index contributed by atoms with van der Waals surface area (Å²) in [6, 6.07) is 18.2. The number of fused-ring (bicyclic) bond motifs is 1. The van der Waals surface area contributed by atoms with Crippen molar-refractivity contribution < 1.29 is 9.53 Å². The maximum absolute atomic E-state index is 13.4. The van der Waals surface area contributed by atoms with Crippen molar-refractivity contribution in [2.45, 2.75) is 45.8 Å². The largest absolute Gasteiger partial charge is 0.373 e. The molecule has 4 nitrogen and oxygen atoms in total. The van der Waals surface area contributed by atoms with E-state index in [1.54, 1.807) is 0 Å². The second kappa shape index (κ2) is 8.75. The molecule has 150 valence electrons. The van der Waals surface area contributed by atoms with Crippen LogP contribution in [0.25, 0.3) is 10.9 Å². The third-order valence-electron chi connectivity index (χ3n) is 5.84. The minimum absolute atomic E-state index is 0.123. The van der Waals surface area contributed by atoms with Gasteiger partial charge in [-0.3, -0.25) is 9.78 Å². The third kappa shape index (κ3) is 4.18. The molecule has 1 aromatic heterocycles. The first-order valence-corrected chi connectivity index (χ1v) is 10.5. The summed E-state index contributed by atoms with van der Waals surface area (Å²) >= 11 is 0. The van der Waals surface area contributed by atoms with Gasteiger partial charge in [-0.25, -0.2) is 0 Å². The molecule has 2 heterocycles. The van der Waals surface area contributed by atoms with Crippen LogP contribution >= 0.6 is 0 Å². The number of aromatic nitrogens is 1. The molecule has 1 amide bonds. The molecular formula is C25H28N2O2. The first kappa shape index (κ1) is 19.6. The summed E-state index contributed by atoms with van der Waals surface area (Å²) in [5, 5.41) is 0.953. The molecule has 4 rings (SSSR count). The van der Waals surface area contributed by atoms with Crippen molar-refractivity contribution in [2.75, 3.05) is 13.1 Å². The van der Waals surface area contributed by atoms with Crippen LogP contribution < -0.4 is 0 Å². The van der Waals surface area contributed by atoms with E-state index < -0.39 is 0 Å². The van der Waals surface area contributed by atoms with Crippen LogP contribution in [0.4, 0.5) is 0 Å². The van der Waals surface area contributed by atoms with Gasteiger partial charge in [0.25, 0.3) is 5.91 Å². The monoisotopic (exact) mass is 388 g/mol. The second-order valence-corrected chi connectivity index (χ2v) is 7.72. The molecule has 0 atom stereocenters. The van der Waals surface area contributed by atoms with Gasteiger partial charge in [0.2, 0.25) is 0 Å². The zero-order chi connectivity index (χ0) is 20.2. The van der Waals surface area contributed by atoms with Gasteiger partial charge in [-0.2, -0.15) is 0 Å². The van der Waals surface area contributed by atoms with Crippen molar-refractivity contribution >= 4 is 16.8 Å². The molecule has 0 spiro atoms. The molecule has 0 saturated carbocycles. The van der Waals surface area contributed by atoms with Crippen LogP contribution in [-0.2, 0) is 17.8 Å². The minimum atomic E-state index is 0.123. The Morgan fingerprint density at radius 2 is 1.76 bits per heavy atom. The summed E-state index contributed by atoms with van der Waals surface area (Å²) in [7, 11) is 0. The highest BCUT2D eigenvalue weighted by molar-refractivity contribution is 6.07. The SMILES string of the molecule is CCc1nc2ccccc2c(C(=O)N2CCC(OCc3ccccc3)CC2)c1C. The van der Waals surface area contributed by atoms with Crippen LogP contribution in [0.15, 0.2) is 54.6 Å². The summed E-state index contributed by atoms with van der Waals surface area (Å²) in [4.78, 5) is 20.2. The molecule has 1 saturated heterocycles. The summed E-state index contributed by atoms with van der Waals surface area (Å²) in [5.74, 6) is 0.123. The van der Waals surface area contributed by atoms with E-state index >= 15 is 0 Å². The van der Waals surface area contributed by atoms with Crippen LogP contribution in [0.3, 0.4) is 0 Å². The number of nitrogens with zero attached hydrogens (tertiary/aromatic N) is 2. The molecule has 1 aliphatic heterocycles. The van der Waals surface area contributed by atoms with Gasteiger partial charge in [-0.15, -0.1) is 0 Å². The summed E-state index contributed by atoms with van der Waals surface area (Å²) < 4.78 is 6.09. The standard InChI is InChI=1S/C25H28N2O2/c1-3-22-18(2)24(21-11-7-8-12-23(21)26-22)25(28)27-15-13-20(14-16-27)29-17-19-9-5-4-6-10-19/h4-12,20H,3,13-17H2,1-2H3. The molecular weight excluding hydrogens is 360 g/mol. The Morgan fingerprint density at radius 1 is 1.07 bits per heavy atom. The van der Waals surface area contributed by atoms with Crippen molar-refractivity contribution in [2.24, 2.45) is 0 Å². The van der Waals surface area contributed by atoms with Crippen LogP contribution in [0.2, 0.25) is 0 Å². The van der Waals surface area contributed by atoms with Crippen LogP contribution in [0.5, 0.6) is 0 Å². The first-order chi connectivity index (χ1) is 14.2. The fourth-order valence-electron chi connectivity index (χ4n) is 4.15. The first-order valence-electron chi connectivity index (χ1n) is 10.5. The number of benzene rings is 2. The Kier molecular flexibility index (Phi) is 5.91. The summed E-state index contributed by atoms with van der Waals surface area (Å²) in [6.07, 6.45) is 2.79. The lowest BCUT2D eigenvalue weighted by atomic mass is 9.98. The van der Waals surface area contributed by atoms with E-state index in [9.17, 15) is 4.79 Å². The van der Waals surface area contributed by atoms with Crippen molar-refractivity contribution in [3.05, 3.63) is 77.0 Å². The van der Waals surface area contributed by atoms with Gasteiger partial charge in [0, 0.05) is 24.2 Å². The molecule has 3 aromatic rings. The number of hydrogen-bond donors (Lipinski definition) is 0. The Labute approximate surface area is 172 Å². The zero-order valence-electron chi connectivity index (χ0n) is 17.2. The number of ether oxygens (including phenoxy) is 1. The van der Waals surface area contributed by atoms with E-state index in [-0.39, 0.29) is 12.0 Å². The number of likely N-dealkylation sites (tertiary alicyclic amines) is 1. The van der Waals surface area contributed by atoms with E-state index in [4.69, 9.17) is 9.72 Å². The highest BCUT2D eigenvalue weighted by Crippen LogP contribution is 2.26. The van der Waals surface area contributed by atoms with Crippen molar-refractivity contribution in [1.82, 2.24) is 9.88 Å². The molecule has 0 N–H and O–H groups in total. The lowest BCUT2D eigenvalue weighted by Crippen LogP contribution is -2.41. The van der Waals surface area contributed by atoms with Crippen molar-refractivity contribution in [3.63, 3.8) is 0 Å². The molecule has 0 aliphatic carbocycles. The van der Waals surface area contributed by atoms with E-state index in [2.05, 4.69) is 19.1 Å². The average Bonchev–Trinajstić information content (AvgIpc) is 2.78. The predicted octanol–water partition coefficient (Wildman–Crippen LogP) is 4.93. The van der Waals surface area contributed by atoms with E-state index in [1.807, 2.05) is 54.3 Å². The van der Waals surface area contributed by atoms with E-state index in [0.717, 1.165) is 60.1 Å². The highest BCUT2D eigenvalue weighted by atomic mass is 16.5. The zero-order valence-corrected chi connectivity index (χ0v) is 17.2. The Balaban J connectivity index is 1.47. The topological polar surface area (TPSA) is 42.4 Å². The Bertz CT molecular complexity index is 992. The molecule has 1 aliphatic rings. The van der Waals surface area contributed by atoms with E-state index in [1.165, 1.54) is 5.56 Å². The normalized spacial score (nSPS) is 15.0. The fourth-order valence-corrected chi connectivity index (χ4v) is 4.15. The summed E-state index contributed by atoms with van der Waals surface area (Å²) in [6.45, 7) is 6.22. The minimum Gasteiger partial charge on any atom is -0.373 e. The number of piperidine rings is 1. The molecule has 4 heteroatoms. The molecule has 0 unspecified atom stereocenters. The maximum Gasteiger partial charge on any atom is 0.254 e. The quantitative estimate of drug-likeness (QED) is 0.623. The van der Waals surface area contributed by atoms with Gasteiger partial charge in [-0.05, 0) is 43.4 Å². The lowest BCUT2D eigenvalue weighted by molar-refractivity contribution is -0.000353. The van der Waals surface area contributed by atoms with E-state index in [0.29, 0.717) is 6.61 Å². The fraction of sp³-hybridized carbons (Fsp3) is 0.360. The van der Waals surface area contributed by atoms with Crippen molar-refractivity contribution in [1.29, 1.82) is 0 Å². The van der Waals surface area contributed by atoms with Gasteiger partial charge in [0.1, 0.15) is 0 Å². The van der Waals surface area contributed by atoms with Crippen LogP contribution in [0.1, 0.15) is 46.9 Å². The number of carbonyl (C=O) groups excluding carboxylic acids is 1. The molecule has 0 bridgehead atoms.